The maximum Gasteiger partial charge on any atom is 0.274 e. The number of carbonyl (C=O) groups excluding carboxylic acids is 1. The number of benzene rings is 3. The second-order valence-corrected chi connectivity index (χ2v) is 11.2. The number of hydrogen-bond donors (Lipinski definition) is 0. The maximum absolute atomic E-state index is 13.8. The predicted octanol–water partition coefficient (Wildman–Crippen LogP) is 6.79. The van der Waals surface area contributed by atoms with Crippen molar-refractivity contribution < 1.29 is 9.53 Å². The highest BCUT2D eigenvalue weighted by atomic mass is 32.2. The Morgan fingerprint density at radius 3 is 2.63 bits per heavy atom. The molecule has 4 aromatic rings. The summed E-state index contributed by atoms with van der Waals surface area (Å²) in [4.78, 5) is 28.8. The van der Waals surface area contributed by atoms with Gasteiger partial charge < -0.3 is 9.64 Å². The lowest BCUT2D eigenvalue weighted by Crippen LogP contribution is -2.29. The van der Waals surface area contributed by atoms with Crippen LogP contribution >= 0.6 is 34.9 Å². The largest absolute Gasteiger partial charge is 0.497 e. The van der Waals surface area contributed by atoms with Gasteiger partial charge in [0.05, 0.1) is 44.4 Å². The molecule has 0 bridgehead atoms. The number of ether oxygens (including phenoxy) is 1. The molecule has 0 spiro atoms. The average Bonchev–Trinajstić information content (AvgIpc) is 3.51. The Kier molecular flexibility index (Phi) is 5.55. The van der Waals surface area contributed by atoms with E-state index in [1.807, 2.05) is 80.7 Å². The highest BCUT2D eigenvalue weighted by Crippen LogP contribution is 2.51. The van der Waals surface area contributed by atoms with Gasteiger partial charge in [0.1, 0.15) is 10.7 Å². The molecule has 0 radical (unpaired) electrons. The van der Waals surface area contributed by atoms with E-state index >= 15 is 0 Å². The van der Waals surface area contributed by atoms with Gasteiger partial charge in [-0.05, 0) is 61.2 Å². The van der Waals surface area contributed by atoms with E-state index < -0.39 is 0 Å². The van der Waals surface area contributed by atoms with Crippen molar-refractivity contribution in [1.29, 1.82) is 0 Å². The van der Waals surface area contributed by atoms with Gasteiger partial charge in [-0.15, -0.1) is 11.3 Å². The third-order valence-corrected chi connectivity index (χ3v) is 9.08. The Morgan fingerprint density at radius 1 is 1.00 bits per heavy atom. The quantitative estimate of drug-likeness (QED) is 0.279. The SMILES string of the molecule is COc1ccc2c(c1)N(C)/C(=C1/SC(=Nc3ccc4sc(C)nc4c3)N(c3ccccc3)C1=O)S2. The number of thiazole rings is 1. The Hall–Kier alpha value is -3.27. The number of thioether (sulfide) groups is 2. The Labute approximate surface area is 215 Å². The number of rotatable bonds is 3. The standard InChI is InChI=1S/C26H20N4O2S3/c1-15-27-19-13-16(9-11-21(19)33-15)28-26-30(17-7-5-4-6-8-17)24(31)23(35-26)25-29(2)20-14-18(32-3)10-12-22(20)34-25/h4-14H,1-3H3/b25-23-,28-26?. The first-order valence-electron chi connectivity index (χ1n) is 10.9. The van der Waals surface area contributed by atoms with E-state index in [4.69, 9.17) is 9.73 Å². The smallest absolute Gasteiger partial charge is 0.274 e. The summed E-state index contributed by atoms with van der Waals surface area (Å²) in [6.07, 6.45) is 0. The zero-order valence-electron chi connectivity index (χ0n) is 19.2. The molecule has 1 amide bonds. The van der Waals surface area contributed by atoms with E-state index in [-0.39, 0.29) is 5.91 Å². The molecule has 6 rings (SSSR count). The molecule has 3 aromatic carbocycles. The third kappa shape index (κ3) is 3.89. The van der Waals surface area contributed by atoms with E-state index in [1.54, 1.807) is 35.1 Å². The van der Waals surface area contributed by atoms with Gasteiger partial charge in [0, 0.05) is 18.0 Å². The van der Waals surface area contributed by atoms with Crippen LogP contribution in [0.1, 0.15) is 5.01 Å². The van der Waals surface area contributed by atoms with Crippen molar-refractivity contribution >= 4 is 73.2 Å². The first-order valence-corrected chi connectivity index (χ1v) is 13.3. The molecule has 35 heavy (non-hydrogen) atoms. The second-order valence-electron chi connectivity index (χ2n) is 7.99. The molecule has 0 unspecified atom stereocenters. The molecule has 0 N–H and O–H groups in total. The van der Waals surface area contributed by atoms with Crippen LogP contribution in [0.25, 0.3) is 10.2 Å². The molecule has 9 heteroatoms. The molecule has 1 aromatic heterocycles. The van der Waals surface area contributed by atoms with Crippen molar-refractivity contribution in [2.45, 2.75) is 11.8 Å². The molecule has 2 aliphatic rings. The summed E-state index contributed by atoms with van der Waals surface area (Å²) in [7, 11) is 3.64. The van der Waals surface area contributed by atoms with Crippen LogP contribution in [0, 0.1) is 6.92 Å². The van der Waals surface area contributed by atoms with Gasteiger partial charge in [-0.3, -0.25) is 9.69 Å². The van der Waals surface area contributed by atoms with Crippen LogP contribution in [0.4, 0.5) is 17.1 Å². The van der Waals surface area contributed by atoms with E-state index in [0.29, 0.717) is 10.1 Å². The number of nitrogens with zero attached hydrogens (tertiary/aromatic N) is 4. The summed E-state index contributed by atoms with van der Waals surface area (Å²) >= 11 is 4.66. The van der Waals surface area contributed by atoms with Gasteiger partial charge in [-0.2, -0.15) is 0 Å². The van der Waals surface area contributed by atoms with Crippen molar-refractivity contribution in [2.24, 2.45) is 4.99 Å². The minimum Gasteiger partial charge on any atom is -0.497 e. The van der Waals surface area contributed by atoms with E-state index in [2.05, 4.69) is 9.88 Å². The summed E-state index contributed by atoms with van der Waals surface area (Å²) in [5.41, 5.74) is 3.50. The fraction of sp³-hybridized carbons (Fsp3) is 0.115. The molecule has 174 valence electrons. The molecule has 6 nitrogen and oxygen atoms in total. The molecule has 0 aliphatic carbocycles. The summed E-state index contributed by atoms with van der Waals surface area (Å²) < 4.78 is 6.53. The number of aromatic nitrogens is 1. The summed E-state index contributed by atoms with van der Waals surface area (Å²) in [5.74, 6) is 0.702. The van der Waals surface area contributed by atoms with Crippen LogP contribution < -0.4 is 14.5 Å². The number of carbonyl (C=O) groups is 1. The minimum absolute atomic E-state index is 0.0837. The molecule has 1 fully saturated rings. The van der Waals surface area contributed by atoms with Gasteiger partial charge in [0.25, 0.3) is 5.91 Å². The van der Waals surface area contributed by atoms with Crippen molar-refractivity contribution in [3.63, 3.8) is 0 Å². The molecular formula is C26H20N4O2S3. The van der Waals surface area contributed by atoms with Crippen LogP contribution in [0.3, 0.4) is 0 Å². The summed E-state index contributed by atoms with van der Waals surface area (Å²) in [5, 5.41) is 2.53. The van der Waals surface area contributed by atoms with Gasteiger partial charge in [-0.1, -0.05) is 30.0 Å². The number of fused-ring (bicyclic) bond motifs is 2. The van der Waals surface area contributed by atoms with Crippen LogP contribution in [-0.2, 0) is 4.79 Å². The summed E-state index contributed by atoms with van der Waals surface area (Å²) in [6, 6.07) is 21.6. The zero-order valence-corrected chi connectivity index (χ0v) is 21.6. The fourth-order valence-electron chi connectivity index (χ4n) is 4.05. The van der Waals surface area contributed by atoms with E-state index in [0.717, 1.165) is 48.0 Å². The predicted molar refractivity (Wildman–Crippen MR) is 147 cm³/mol. The number of methoxy groups -OCH3 is 1. The van der Waals surface area contributed by atoms with Gasteiger partial charge in [0.15, 0.2) is 5.17 Å². The number of hydrogen-bond acceptors (Lipinski definition) is 8. The molecule has 3 heterocycles. The lowest BCUT2D eigenvalue weighted by atomic mass is 10.2. The van der Waals surface area contributed by atoms with Gasteiger partial charge in [0.2, 0.25) is 0 Å². The highest BCUT2D eigenvalue weighted by molar-refractivity contribution is 8.20. The van der Waals surface area contributed by atoms with Gasteiger partial charge in [-0.25, -0.2) is 9.98 Å². The van der Waals surface area contributed by atoms with E-state index in [1.165, 1.54) is 11.8 Å². The first-order chi connectivity index (χ1) is 17.0. The molecule has 1 saturated heterocycles. The topological polar surface area (TPSA) is 58.0 Å². The molecule has 0 atom stereocenters. The Balaban J connectivity index is 1.45. The van der Waals surface area contributed by atoms with Crippen LogP contribution in [0.15, 0.2) is 86.6 Å². The van der Waals surface area contributed by atoms with Crippen molar-refractivity contribution in [1.82, 2.24) is 4.98 Å². The number of amidine groups is 1. The number of para-hydroxylation sites is 1. The van der Waals surface area contributed by atoms with Crippen molar-refractivity contribution in [3.8, 4) is 5.75 Å². The maximum atomic E-state index is 13.8. The normalized spacial score (nSPS) is 18.7. The van der Waals surface area contributed by atoms with Crippen LogP contribution in [-0.4, -0.2) is 30.2 Å². The molecular weight excluding hydrogens is 497 g/mol. The van der Waals surface area contributed by atoms with Crippen molar-refractivity contribution in [2.75, 3.05) is 24.0 Å². The lowest BCUT2D eigenvalue weighted by molar-refractivity contribution is -0.113. The summed E-state index contributed by atoms with van der Waals surface area (Å²) in [6.45, 7) is 2.00. The van der Waals surface area contributed by atoms with Crippen LogP contribution in [0.2, 0.25) is 0 Å². The number of amides is 1. The number of aliphatic imine (C=N–C) groups is 1. The Bertz CT molecular complexity index is 1550. The van der Waals surface area contributed by atoms with Crippen LogP contribution in [0.5, 0.6) is 5.75 Å². The Morgan fingerprint density at radius 2 is 1.83 bits per heavy atom. The van der Waals surface area contributed by atoms with E-state index in [9.17, 15) is 4.79 Å². The molecule has 0 saturated carbocycles. The average molecular weight is 517 g/mol. The lowest BCUT2D eigenvalue weighted by Gasteiger charge is -2.17. The minimum atomic E-state index is -0.0837. The number of anilines is 2. The second kappa shape index (κ2) is 8.75. The zero-order chi connectivity index (χ0) is 24.1. The highest BCUT2D eigenvalue weighted by Gasteiger charge is 2.40. The van der Waals surface area contributed by atoms with Gasteiger partial charge >= 0.3 is 0 Å². The third-order valence-electron chi connectivity index (χ3n) is 5.73. The monoisotopic (exact) mass is 516 g/mol. The fourth-order valence-corrected chi connectivity index (χ4v) is 7.18. The number of aryl methyl sites for hydroxylation is 1. The molecule has 2 aliphatic heterocycles. The first kappa shape index (κ1) is 22.2. The van der Waals surface area contributed by atoms with Crippen molar-refractivity contribution in [3.05, 3.63) is 81.7 Å².